The van der Waals surface area contributed by atoms with Crippen LogP contribution in [-0.4, -0.2) is 57.1 Å². The number of carbonyl (C=O) groups is 2. The van der Waals surface area contributed by atoms with Gasteiger partial charge in [-0.25, -0.2) is 0 Å². The summed E-state index contributed by atoms with van der Waals surface area (Å²) in [5, 5.41) is 4.29. The Bertz CT molecular complexity index is 633. The lowest BCUT2D eigenvalue weighted by Gasteiger charge is -2.41. The first-order chi connectivity index (χ1) is 13.2. The van der Waals surface area contributed by atoms with Crippen molar-refractivity contribution in [1.29, 1.82) is 0 Å². The SMILES string of the molecule is O=C(C1CCC1)N1CCC(C(=O)N2CCCC[C@@H]2CCn2cccn2)CC1. The highest BCUT2D eigenvalue weighted by molar-refractivity contribution is 5.81. The van der Waals surface area contributed by atoms with E-state index in [1.807, 2.05) is 28.0 Å². The number of rotatable bonds is 5. The van der Waals surface area contributed by atoms with Gasteiger partial charge in [0.25, 0.3) is 0 Å². The Labute approximate surface area is 161 Å². The lowest BCUT2D eigenvalue weighted by Crippen LogP contribution is -2.50. The van der Waals surface area contributed by atoms with E-state index < -0.39 is 0 Å². The topological polar surface area (TPSA) is 58.4 Å². The van der Waals surface area contributed by atoms with Gasteiger partial charge in [0.15, 0.2) is 0 Å². The van der Waals surface area contributed by atoms with Crippen LogP contribution in [0.15, 0.2) is 18.5 Å². The molecule has 3 heterocycles. The highest BCUT2D eigenvalue weighted by Gasteiger charge is 2.36. The summed E-state index contributed by atoms with van der Waals surface area (Å²) in [5.41, 5.74) is 0. The summed E-state index contributed by atoms with van der Waals surface area (Å²) in [6.07, 6.45) is 13.2. The molecule has 6 nitrogen and oxygen atoms in total. The Kier molecular flexibility index (Phi) is 5.79. The number of piperidine rings is 2. The Morgan fingerprint density at radius 2 is 1.67 bits per heavy atom. The smallest absolute Gasteiger partial charge is 0.226 e. The van der Waals surface area contributed by atoms with Crippen molar-refractivity contribution >= 4 is 11.8 Å². The summed E-state index contributed by atoms with van der Waals surface area (Å²) >= 11 is 0. The van der Waals surface area contributed by atoms with Crippen LogP contribution in [0.25, 0.3) is 0 Å². The highest BCUT2D eigenvalue weighted by Crippen LogP contribution is 2.31. The molecule has 1 aromatic rings. The average molecular weight is 373 g/mol. The molecule has 0 bridgehead atoms. The van der Waals surface area contributed by atoms with Gasteiger partial charge in [-0.15, -0.1) is 0 Å². The van der Waals surface area contributed by atoms with Gasteiger partial charge in [0.1, 0.15) is 0 Å². The third-order valence-electron chi connectivity index (χ3n) is 6.77. The van der Waals surface area contributed by atoms with Gasteiger partial charge in [0.2, 0.25) is 11.8 Å². The van der Waals surface area contributed by atoms with E-state index in [9.17, 15) is 9.59 Å². The van der Waals surface area contributed by atoms with Crippen LogP contribution >= 0.6 is 0 Å². The first-order valence-electron chi connectivity index (χ1n) is 10.8. The molecule has 0 unspecified atom stereocenters. The van der Waals surface area contributed by atoms with Crippen molar-refractivity contribution in [2.75, 3.05) is 19.6 Å². The third-order valence-corrected chi connectivity index (χ3v) is 6.77. The largest absolute Gasteiger partial charge is 0.342 e. The fourth-order valence-corrected chi connectivity index (χ4v) is 4.80. The molecule has 0 radical (unpaired) electrons. The van der Waals surface area contributed by atoms with Crippen LogP contribution in [0, 0.1) is 11.8 Å². The van der Waals surface area contributed by atoms with Crippen molar-refractivity contribution in [3.8, 4) is 0 Å². The van der Waals surface area contributed by atoms with Crippen molar-refractivity contribution in [2.45, 2.75) is 70.4 Å². The minimum absolute atomic E-state index is 0.0979. The van der Waals surface area contributed by atoms with Gasteiger partial charge in [-0.2, -0.15) is 5.10 Å². The summed E-state index contributed by atoms with van der Waals surface area (Å²) in [4.78, 5) is 29.8. The molecule has 1 aromatic heterocycles. The Hall–Kier alpha value is -1.85. The zero-order valence-corrected chi connectivity index (χ0v) is 16.3. The maximum atomic E-state index is 13.2. The minimum atomic E-state index is 0.0979. The summed E-state index contributed by atoms with van der Waals surface area (Å²) in [7, 11) is 0. The fourth-order valence-electron chi connectivity index (χ4n) is 4.80. The average Bonchev–Trinajstić information content (AvgIpc) is 3.18. The second-order valence-corrected chi connectivity index (χ2v) is 8.47. The van der Waals surface area contributed by atoms with Crippen LogP contribution in [0.3, 0.4) is 0 Å². The van der Waals surface area contributed by atoms with Gasteiger partial charge in [0, 0.05) is 56.5 Å². The van der Waals surface area contributed by atoms with Crippen molar-refractivity contribution in [1.82, 2.24) is 19.6 Å². The molecular weight excluding hydrogens is 340 g/mol. The van der Waals surface area contributed by atoms with Gasteiger partial charge in [0.05, 0.1) is 0 Å². The van der Waals surface area contributed by atoms with Gasteiger partial charge in [-0.3, -0.25) is 14.3 Å². The molecular formula is C21H32N4O2. The normalized spacial score (nSPS) is 24.7. The molecule has 148 valence electrons. The standard InChI is InChI=1S/C21H32N4O2/c26-20(17-5-3-6-17)23-14-8-18(9-15-23)21(27)25-13-2-1-7-19(25)10-16-24-12-4-11-22-24/h4,11-12,17-19H,1-3,5-10,13-16H2/t19-/m1/s1. The lowest BCUT2D eigenvalue weighted by molar-refractivity contribution is -0.146. The van der Waals surface area contributed by atoms with Crippen molar-refractivity contribution in [3.63, 3.8) is 0 Å². The summed E-state index contributed by atoms with van der Waals surface area (Å²) in [5.74, 6) is 1.03. The fraction of sp³-hybridized carbons (Fsp3) is 0.762. The monoisotopic (exact) mass is 372 g/mol. The van der Waals surface area contributed by atoms with Crippen molar-refractivity contribution in [3.05, 3.63) is 18.5 Å². The zero-order chi connectivity index (χ0) is 18.6. The van der Waals surface area contributed by atoms with Crippen LogP contribution < -0.4 is 0 Å². The minimum Gasteiger partial charge on any atom is -0.342 e. The quantitative estimate of drug-likeness (QED) is 0.798. The van der Waals surface area contributed by atoms with E-state index in [2.05, 4.69) is 10.00 Å². The van der Waals surface area contributed by atoms with Crippen LogP contribution in [0.5, 0.6) is 0 Å². The van der Waals surface area contributed by atoms with Crippen LogP contribution in [0.4, 0.5) is 0 Å². The lowest BCUT2D eigenvalue weighted by atomic mass is 9.83. The maximum absolute atomic E-state index is 13.2. The summed E-state index contributed by atoms with van der Waals surface area (Å²) < 4.78 is 1.96. The van der Waals surface area contributed by atoms with Crippen molar-refractivity contribution in [2.24, 2.45) is 11.8 Å². The molecule has 4 rings (SSSR count). The van der Waals surface area contributed by atoms with E-state index in [4.69, 9.17) is 0 Å². The molecule has 0 aromatic carbocycles. The van der Waals surface area contributed by atoms with E-state index in [-0.39, 0.29) is 11.8 Å². The van der Waals surface area contributed by atoms with Crippen LogP contribution in [-0.2, 0) is 16.1 Å². The number of aromatic nitrogens is 2. The molecule has 27 heavy (non-hydrogen) atoms. The number of aryl methyl sites for hydroxylation is 1. The number of amides is 2. The van der Waals surface area contributed by atoms with Gasteiger partial charge in [-0.1, -0.05) is 6.42 Å². The van der Waals surface area contributed by atoms with E-state index >= 15 is 0 Å². The first kappa shape index (κ1) is 18.5. The van der Waals surface area contributed by atoms with Crippen LogP contribution in [0.1, 0.15) is 57.8 Å². The molecule has 3 fully saturated rings. The number of hydrogen-bond donors (Lipinski definition) is 0. The first-order valence-corrected chi connectivity index (χ1v) is 10.8. The van der Waals surface area contributed by atoms with Gasteiger partial charge < -0.3 is 9.80 Å². The van der Waals surface area contributed by atoms with E-state index in [1.54, 1.807) is 0 Å². The predicted octanol–water partition coefficient (Wildman–Crippen LogP) is 2.69. The van der Waals surface area contributed by atoms with Crippen molar-refractivity contribution < 1.29 is 9.59 Å². The molecule has 1 aliphatic carbocycles. The molecule has 2 aliphatic heterocycles. The molecule has 0 N–H and O–H groups in total. The number of nitrogens with zero attached hydrogens (tertiary/aromatic N) is 4. The molecule has 0 spiro atoms. The second-order valence-electron chi connectivity index (χ2n) is 8.47. The number of carbonyl (C=O) groups excluding carboxylic acids is 2. The Morgan fingerprint density at radius 3 is 2.33 bits per heavy atom. The third kappa shape index (κ3) is 4.19. The molecule has 6 heteroatoms. The zero-order valence-electron chi connectivity index (χ0n) is 16.3. The number of hydrogen-bond acceptors (Lipinski definition) is 3. The van der Waals surface area contributed by atoms with E-state index in [0.717, 1.165) is 71.1 Å². The van der Waals surface area contributed by atoms with E-state index in [1.165, 1.54) is 12.8 Å². The van der Waals surface area contributed by atoms with E-state index in [0.29, 0.717) is 17.9 Å². The second kappa shape index (κ2) is 8.44. The molecule has 3 aliphatic rings. The summed E-state index contributed by atoms with van der Waals surface area (Å²) in [6, 6.07) is 2.28. The molecule has 1 saturated carbocycles. The van der Waals surface area contributed by atoms with Crippen LogP contribution in [0.2, 0.25) is 0 Å². The van der Waals surface area contributed by atoms with Gasteiger partial charge >= 0.3 is 0 Å². The summed E-state index contributed by atoms with van der Waals surface area (Å²) in [6.45, 7) is 3.29. The maximum Gasteiger partial charge on any atom is 0.226 e. The molecule has 2 saturated heterocycles. The van der Waals surface area contributed by atoms with Gasteiger partial charge in [-0.05, 0) is 57.4 Å². The number of likely N-dealkylation sites (tertiary alicyclic amines) is 2. The Balaban J connectivity index is 1.30. The Morgan fingerprint density at radius 1 is 0.889 bits per heavy atom. The predicted molar refractivity (Wildman–Crippen MR) is 103 cm³/mol. The molecule has 2 amide bonds. The molecule has 1 atom stereocenters. The highest BCUT2D eigenvalue weighted by atomic mass is 16.2.